The van der Waals surface area contributed by atoms with Crippen LogP contribution in [0.15, 0.2) is 59.3 Å². The van der Waals surface area contributed by atoms with E-state index >= 15 is 0 Å². The first-order chi connectivity index (χ1) is 17.4. The Morgan fingerprint density at radius 2 is 1.92 bits per heavy atom. The Morgan fingerprint density at radius 1 is 1.11 bits per heavy atom. The van der Waals surface area contributed by atoms with Crippen LogP contribution in [0.1, 0.15) is 48.8 Å². The van der Waals surface area contributed by atoms with Crippen LogP contribution in [0, 0.1) is 6.92 Å². The van der Waals surface area contributed by atoms with Crippen LogP contribution >= 0.6 is 0 Å². The summed E-state index contributed by atoms with van der Waals surface area (Å²) in [6.45, 7) is 5.56. The molecule has 186 valence electrons. The van der Waals surface area contributed by atoms with Gasteiger partial charge in [-0.2, -0.15) is 4.98 Å². The van der Waals surface area contributed by atoms with Crippen LogP contribution in [-0.2, 0) is 15.1 Å². The fraction of sp³-hybridized carbons (Fsp3) is 0.308. The van der Waals surface area contributed by atoms with E-state index in [1.165, 1.54) is 0 Å². The number of hydrogen-bond donors (Lipinski definition) is 3. The summed E-state index contributed by atoms with van der Waals surface area (Å²) >= 11 is 0. The van der Waals surface area contributed by atoms with E-state index in [9.17, 15) is 5.11 Å². The van der Waals surface area contributed by atoms with Gasteiger partial charge in [0.15, 0.2) is 12.1 Å². The molecule has 10 heteroatoms. The summed E-state index contributed by atoms with van der Waals surface area (Å²) in [4.78, 5) is 13.7. The zero-order valence-electron chi connectivity index (χ0n) is 20.5. The molecular weight excluding hydrogens is 460 g/mol. The summed E-state index contributed by atoms with van der Waals surface area (Å²) in [7, 11) is 1.61. The molecule has 1 aliphatic rings. The maximum atomic E-state index is 10.1. The van der Waals surface area contributed by atoms with E-state index in [2.05, 4.69) is 25.8 Å². The van der Waals surface area contributed by atoms with Gasteiger partial charge < -0.3 is 29.7 Å². The minimum absolute atomic E-state index is 0.112. The Labute approximate surface area is 208 Å². The maximum absolute atomic E-state index is 10.1. The third-order valence-electron chi connectivity index (χ3n) is 6.00. The second-order valence-corrected chi connectivity index (χ2v) is 9.01. The van der Waals surface area contributed by atoms with Crippen LogP contribution in [0.4, 0.5) is 17.3 Å². The standard InChI is InChI=1S/C26H28N6O4/c1-15-28-24(36-32-15)18-13-27-22(12-19(18)29-20(14-33)16-8-6-5-7-9-16)30-21-11-10-17-23(31-21)26(2,3)35-25(17)34-4/h5-13,20,25,33H,14H2,1-4H3,(H2,27,29,30,31)/t20-,25?/m1/s1. The number of nitrogens with zero attached hydrogens (tertiary/aromatic N) is 4. The Hall–Kier alpha value is -3.86. The molecule has 1 aliphatic heterocycles. The van der Waals surface area contributed by atoms with Gasteiger partial charge in [0.2, 0.25) is 0 Å². The van der Waals surface area contributed by atoms with Crippen molar-refractivity contribution in [1.29, 1.82) is 0 Å². The number of fused-ring (bicyclic) bond motifs is 1. The van der Waals surface area contributed by atoms with Crippen molar-refractivity contribution in [3.8, 4) is 11.5 Å². The number of pyridine rings is 2. The monoisotopic (exact) mass is 488 g/mol. The second-order valence-electron chi connectivity index (χ2n) is 9.01. The lowest BCUT2D eigenvalue weighted by atomic mass is 10.0. The van der Waals surface area contributed by atoms with Gasteiger partial charge >= 0.3 is 0 Å². The molecule has 36 heavy (non-hydrogen) atoms. The number of aliphatic hydroxyl groups excluding tert-OH is 1. The fourth-order valence-electron chi connectivity index (χ4n) is 4.23. The van der Waals surface area contributed by atoms with Gasteiger partial charge in [-0.15, -0.1) is 0 Å². The first-order valence-electron chi connectivity index (χ1n) is 11.6. The van der Waals surface area contributed by atoms with Crippen LogP contribution in [0.3, 0.4) is 0 Å². The average molecular weight is 489 g/mol. The molecule has 4 heterocycles. The number of aliphatic hydroxyl groups is 1. The average Bonchev–Trinajstić information content (AvgIpc) is 3.43. The first-order valence-corrected chi connectivity index (χ1v) is 11.6. The largest absolute Gasteiger partial charge is 0.394 e. The zero-order chi connectivity index (χ0) is 25.3. The third-order valence-corrected chi connectivity index (χ3v) is 6.00. The summed E-state index contributed by atoms with van der Waals surface area (Å²) in [6.07, 6.45) is 1.20. The number of anilines is 3. The van der Waals surface area contributed by atoms with E-state index in [4.69, 9.17) is 19.0 Å². The number of nitrogens with one attached hydrogen (secondary N) is 2. The zero-order valence-corrected chi connectivity index (χ0v) is 20.5. The molecule has 2 atom stereocenters. The van der Waals surface area contributed by atoms with Gasteiger partial charge in [-0.05, 0) is 38.5 Å². The number of ether oxygens (including phenoxy) is 2. The van der Waals surface area contributed by atoms with E-state index in [0.717, 1.165) is 16.8 Å². The van der Waals surface area contributed by atoms with Crippen molar-refractivity contribution in [3.63, 3.8) is 0 Å². The summed E-state index contributed by atoms with van der Waals surface area (Å²) in [6, 6.07) is 15.0. The Morgan fingerprint density at radius 3 is 2.61 bits per heavy atom. The second kappa shape index (κ2) is 9.65. The molecule has 0 aliphatic carbocycles. The highest BCUT2D eigenvalue weighted by Gasteiger charge is 2.39. The molecule has 0 saturated heterocycles. The maximum Gasteiger partial charge on any atom is 0.261 e. The van der Waals surface area contributed by atoms with Gasteiger partial charge in [-0.3, -0.25) is 0 Å². The van der Waals surface area contributed by atoms with Crippen molar-refractivity contribution >= 4 is 17.3 Å². The molecule has 10 nitrogen and oxygen atoms in total. The van der Waals surface area contributed by atoms with Crippen LogP contribution in [-0.4, -0.2) is 38.9 Å². The highest BCUT2D eigenvalue weighted by atomic mass is 16.7. The summed E-state index contributed by atoms with van der Waals surface area (Å²) in [5.74, 6) is 2.01. The minimum Gasteiger partial charge on any atom is -0.394 e. The predicted octanol–water partition coefficient (Wildman–Crippen LogP) is 4.63. The van der Waals surface area contributed by atoms with E-state index in [1.54, 1.807) is 20.2 Å². The molecule has 3 N–H and O–H groups in total. The van der Waals surface area contributed by atoms with Crippen molar-refractivity contribution in [3.05, 3.63) is 77.4 Å². The van der Waals surface area contributed by atoms with Crippen molar-refractivity contribution in [1.82, 2.24) is 20.1 Å². The van der Waals surface area contributed by atoms with Crippen LogP contribution in [0.2, 0.25) is 0 Å². The summed E-state index contributed by atoms with van der Waals surface area (Å²) < 4.78 is 16.8. The Kier molecular flexibility index (Phi) is 6.40. The summed E-state index contributed by atoms with van der Waals surface area (Å²) in [5, 5.41) is 20.7. The van der Waals surface area contributed by atoms with E-state index in [1.807, 2.05) is 62.4 Å². The molecule has 0 saturated carbocycles. The lowest BCUT2D eigenvalue weighted by molar-refractivity contribution is -0.175. The molecule has 0 bridgehead atoms. The number of aromatic nitrogens is 4. The topological polar surface area (TPSA) is 127 Å². The van der Waals surface area contributed by atoms with Crippen LogP contribution < -0.4 is 10.6 Å². The molecule has 0 fully saturated rings. The van der Waals surface area contributed by atoms with E-state index in [0.29, 0.717) is 34.6 Å². The fourth-order valence-corrected chi connectivity index (χ4v) is 4.23. The minimum atomic E-state index is -0.586. The quantitative estimate of drug-likeness (QED) is 0.323. The predicted molar refractivity (Wildman–Crippen MR) is 134 cm³/mol. The van der Waals surface area contributed by atoms with Crippen LogP contribution in [0.5, 0.6) is 0 Å². The molecule has 0 spiro atoms. The van der Waals surface area contributed by atoms with E-state index < -0.39 is 11.9 Å². The molecule has 0 radical (unpaired) electrons. The lowest BCUT2D eigenvalue weighted by Crippen LogP contribution is -2.18. The first kappa shape index (κ1) is 23.9. The van der Waals surface area contributed by atoms with Gasteiger partial charge in [0, 0.05) is 24.9 Å². The molecular formula is C26H28N6O4. The number of benzene rings is 1. The molecule has 5 rings (SSSR count). The van der Waals surface area contributed by atoms with Gasteiger partial charge in [-0.1, -0.05) is 35.5 Å². The smallest absolute Gasteiger partial charge is 0.261 e. The Balaban J connectivity index is 1.49. The highest BCUT2D eigenvalue weighted by molar-refractivity contribution is 5.75. The van der Waals surface area contributed by atoms with Crippen molar-refractivity contribution in [2.45, 2.75) is 38.7 Å². The number of aryl methyl sites for hydroxylation is 1. The van der Waals surface area contributed by atoms with E-state index in [-0.39, 0.29) is 12.6 Å². The third kappa shape index (κ3) is 4.66. The van der Waals surface area contributed by atoms with Crippen molar-refractivity contribution in [2.75, 3.05) is 24.4 Å². The van der Waals surface area contributed by atoms with Crippen LogP contribution in [0.25, 0.3) is 11.5 Å². The number of hydrogen-bond acceptors (Lipinski definition) is 10. The van der Waals surface area contributed by atoms with Crippen molar-refractivity contribution < 1.29 is 19.1 Å². The number of methoxy groups -OCH3 is 1. The lowest BCUT2D eigenvalue weighted by Gasteiger charge is -2.20. The normalized spacial score (nSPS) is 17.0. The SMILES string of the molecule is COC1OC(C)(C)c2nc(Nc3cc(N[C@H](CO)c4ccccc4)c(-c4nc(C)no4)cn3)ccc21. The molecule has 0 amide bonds. The van der Waals surface area contributed by atoms with Crippen molar-refractivity contribution in [2.24, 2.45) is 0 Å². The van der Waals surface area contributed by atoms with Gasteiger partial charge in [0.05, 0.1) is 29.6 Å². The van der Waals surface area contributed by atoms with Gasteiger partial charge in [0.1, 0.15) is 17.2 Å². The molecule has 1 aromatic carbocycles. The highest BCUT2D eigenvalue weighted by Crippen LogP contribution is 2.43. The molecule has 4 aromatic rings. The number of rotatable bonds is 8. The summed E-state index contributed by atoms with van der Waals surface area (Å²) in [5.41, 5.74) is 3.35. The van der Waals surface area contributed by atoms with Gasteiger partial charge in [-0.25, -0.2) is 9.97 Å². The molecule has 1 unspecified atom stereocenters. The molecule has 3 aromatic heterocycles. The Bertz CT molecular complexity index is 1360. The van der Waals surface area contributed by atoms with Gasteiger partial charge in [0.25, 0.3) is 5.89 Å².